The van der Waals surface area contributed by atoms with E-state index in [1.165, 1.54) is 18.4 Å². The van der Waals surface area contributed by atoms with E-state index in [0.717, 1.165) is 28.3 Å². The monoisotopic (exact) mass is 419 g/mol. The number of likely N-dealkylation sites (N-methyl/N-ethyl adjacent to an activating group) is 1. The van der Waals surface area contributed by atoms with Crippen molar-refractivity contribution in [2.24, 2.45) is 0 Å². The molecule has 3 nitrogen and oxygen atoms in total. The summed E-state index contributed by atoms with van der Waals surface area (Å²) in [6.45, 7) is 0. The number of imidazole rings is 1. The number of nitrogens with zero attached hydrogens (tertiary/aromatic N) is 2. The van der Waals surface area contributed by atoms with Gasteiger partial charge in [0.25, 0.3) is 0 Å². The molecular formula is C21H20Cl3N3. The van der Waals surface area contributed by atoms with Crippen LogP contribution in [0.3, 0.4) is 0 Å². The molecule has 3 heterocycles. The van der Waals surface area contributed by atoms with E-state index in [2.05, 4.69) is 29.1 Å². The number of benzene rings is 2. The topological polar surface area (TPSA) is 31.9 Å². The van der Waals surface area contributed by atoms with E-state index in [4.69, 9.17) is 39.8 Å². The van der Waals surface area contributed by atoms with Crippen molar-refractivity contribution in [1.29, 1.82) is 0 Å². The first-order valence-corrected chi connectivity index (χ1v) is 10.5. The third-order valence-electron chi connectivity index (χ3n) is 6.42. The number of halogens is 3. The summed E-state index contributed by atoms with van der Waals surface area (Å²) < 4.78 is 0. The van der Waals surface area contributed by atoms with Gasteiger partial charge in [0.2, 0.25) is 0 Å². The van der Waals surface area contributed by atoms with Gasteiger partial charge in [0.05, 0.1) is 21.1 Å². The van der Waals surface area contributed by atoms with Crippen molar-refractivity contribution in [2.45, 2.75) is 43.2 Å². The van der Waals surface area contributed by atoms with Crippen LogP contribution < -0.4 is 0 Å². The zero-order valence-corrected chi connectivity index (χ0v) is 17.2. The third-order valence-corrected chi connectivity index (χ3v) is 7.40. The van der Waals surface area contributed by atoms with Crippen molar-refractivity contribution in [3.8, 4) is 0 Å². The lowest BCUT2D eigenvalue weighted by atomic mass is 9.76. The van der Waals surface area contributed by atoms with Crippen molar-refractivity contribution < 1.29 is 0 Å². The van der Waals surface area contributed by atoms with Crippen LogP contribution >= 0.6 is 34.8 Å². The minimum Gasteiger partial charge on any atom is -0.342 e. The predicted molar refractivity (Wildman–Crippen MR) is 112 cm³/mol. The van der Waals surface area contributed by atoms with Crippen LogP contribution in [0, 0.1) is 0 Å². The minimum atomic E-state index is 0.305. The van der Waals surface area contributed by atoms with Gasteiger partial charge in [-0.1, -0.05) is 46.9 Å². The fourth-order valence-electron chi connectivity index (χ4n) is 5.07. The van der Waals surface area contributed by atoms with E-state index in [1.54, 1.807) is 0 Å². The fourth-order valence-corrected chi connectivity index (χ4v) is 5.52. The van der Waals surface area contributed by atoms with Gasteiger partial charge >= 0.3 is 0 Å². The van der Waals surface area contributed by atoms with Crippen molar-refractivity contribution in [3.63, 3.8) is 0 Å². The molecule has 0 spiro atoms. The van der Waals surface area contributed by atoms with Gasteiger partial charge < -0.3 is 4.98 Å². The lowest BCUT2D eigenvalue weighted by Crippen LogP contribution is -2.44. The van der Waals surface area contributed by atoms with Gasteiger partial charge in [0, 0.05) is 23.0 Å². The first-order chi connectivity index (χ1) is 13.0. The molecule has 1 aromatic heterocycles. The molecule has 3 aromatic rings. The normalized spacial score (nSPS) is 28.1. The molecule has 4 unspecified atom stereocenters. The summed E-state index contributed by atoms with van der Waals surface area (Å²) in [4.78, 5) is 11.0. The molecule has 6 heteroatoms. The standard InChI is InChI=1S/C21H20Cl3N3/c1-27-13-6-7-19(27)20(14(8-13)11-2-4-12(22)5-3-11)21-25-17-9-15(23)16(24)10-18(17)26-21/h2-5,9-10,13-14,19-20H,6-8H2,1H3,(H,25,26). The molecule has 2 aliphatic rings. The molecule has 0 radical (unpaired) electrons. The maximum atomic E-state index is 6.21. The van der Waals surface area contributed by atoms with E-state index in [0.29, 0.717) is 34.0 Å². The van der Waals surface area contributed by atoms with Crippen LogP contribution in [0.15, 0.2) is 36.4 Å². The molecule has 0 aliphatic carbocycles. The van der Waals surface area contributed by atoms with Crippen molar-refractivity contribution >= 4 is 45.8 Å². The van der Waals surface area contributed by atoms with Gasteiger partial charge in [-0.2, -0.15) is 0 Å². The van der Waals surface area contributed by atoms with Crippen molar-refractivity contribution in [3.05, 3.63) is 62.9 Å². The highest BCUT2D eigenvalue weighted by Gasteiger charge is 2.47. The average molecular weight is 421 g/mol. The molecule has 2 aliphatic heterocycles. The Morgan fingerprint density at radius 2 is 1.78 bits per heavy atom. The first kappa shape index (κ1) is 17.8. The summed E-state index contributed by atoms with van der Waals surface area (Å²) in [5.41, 5.74) is 3.15. The lowest BCUT2D eigenvalue weighted by Gasteiger charge is -2.42. The summed E-state index contributed by atoms with van der Waals surface area (Å²) >= 11 is 18.5. The Hall–Kier alpha value is -1.26. The quantitative estimate of drug-likeness (QED) is 0.531. The van der Waals surface area contributed by atoms with E-state index < -0.39 is 0 Å². The highest BCUT2D eigenvalue weighted by molar-refractivity contribution is 6.42. The summed E-state index contributed by atoms with van der Waals surface area (Å²) in [5.74, 6) is 1.75. The summed E-state index contributed by atoms with van der Waals surface area (Å²) in [7, 11) is 2.25. The highest BCUT2D eigenvalue weighted by Crippen LogP contribution is 2.50. The fraction of sp³-hybridized carbons (Fsp3) is 0.381. The molecule has 2 saturated heterocycles. The van der Waals surface area contributed by atoms with Gasteiger partial charge in [-0.25, -0.2) is 4.98 Å². The maximum Gasteiger partial charge on any atom is 0.112 e. The Balaban J connectivity index is 1.62. The van der Waals surface area contributed by atoms with Crippen LogP contribution in [0.5, 0.6) is 0 Å². The Labute approximate surface area is 173 Å². The number of hydrogen-bond donors (Lipinski definition) is 1. The second kappa shape index (κ2) is 6.66. The van der Waals surface area contributed by atoms with Crippen LogP contribution in [-0.2, 0) is 0 Å². The largest absolute Gasteiger partial charge is 0.342 e. The van der Waals surface area contributed by atoms with Crippen LogP contribution in [0.1, 0.15) is 42.5 Å². The van der Waals surface area contributed by atoms with Gasteiger partial charge in [-0.15, -0.1) is 0 Å². The number of rotatable bonds is 2. The van der Waals surface area contributed by atoms with E-state index in [1.807, 2.05) is 24.3 Å². The van der Waals surface area contributed by atoms with E-state index in [-0.39, 0.29) is 0 Å². The van der Waals surface area contributed by atoms with Crippen molar-refractivity contribution in [2.75, 3.05) is 7.05 Å². The third kappa shape index (κ3) is 2.96. The molecule has 0 amide bonds. The van der Waals surface area contributed by atoms with E-state index in [9.17, 15) is 0 Å². The summed E-state index contributed by atoms with van der Waals surface area (Å²) in [6.07, 6.45) is 3.59. The molecule has 0 saturated carbocycles. The van der Waals surface area contributed by atoms with E-state index >= 15 is 0 Å². The van der Waals surface area contributed by atoms with Crippen LogP contribution in [0.2, 0.25) is 15.1 Å². The number of hydrogen-bond acceptors (Lipinski definition) is 2. The Kier molecular flexibility index (Phi) is 4.40. The molecule has 2 bridgehead atoms. The van der Waals surface area contributed by atoms with Gasteiger partial charge in [-0.3, -0.25) is 4.90 Å². The Morgan fingerprint density at radius 3 is 2.56 bits per heavy atom. The maximum absolute atomic E-state index is 6.21. The van der Waals surface area contributed by atoms with Gasteiger partial charge in [0.1, 0.15) is 5.82 Å². The highest BCUT2D eigenvalue weighted by atomic mass is 35.5. The zero-order valence-electron chi connectivity index (χ0n) is 14.9. The van der Waals surface area contributed by atoms with Crippen LogP contribution in [-0.4, -0.2) is 34.0 Å². The second-order valence-electron chi connectivity index (χ2n) is 7.79. The smallest absolute Gasteiger partial charge is 0.112 e. The minimum absolute atomic E-state index is 0.305. The van der Waals surface area contributed by atoms with Crippen LogP contribution in [0.4, 0.5) is 0 Å². The molecule has 2 fully saturated rings. The van der Waals surface area contributed by atoms with Gasteiger partial charge in [0.15, 0.2) is 0 Å². The first-order valence-electron chi connectivity index (χ1n) is 9.33. The van der Waals surface area contributed by atoms with Gasteiger partial charge in [-0.05, 0) is 62.1 Å². The zero-order chi connectivity index (χ0) is 18.7. The summed E-state index contributed by atoms with van der Waals surface area (Å²) in [5, 5.41) is 1.87. The number of fused-ring (bicyclic) bond motifs is 3. The molecule has 27 heavy (non-hydrogen) atoms. The molecule has 1 N–H and O–H groups in total. The molecule has 2 aromatic carbocycles. The Morgan fingerprint density at radius 1 is 1.04 bits per heavy atom. The summed E-state index contributed by atoms with van der Waals surface area (Å²) in [6, 6.07) is 13.2. The number of aromatic nitrogens is 2. The molecule has 5 rings (SSSR count). The van der Waals surface area contributed by atoms with Crippen molar-refractivity contribution in [1.82, 2.24) is 14.9 Å². The number of aromatic amines is 1. The number of piperidine rings is 1. The predicted octanol–water partition coefficient (Wildman–Crippen LogP) is 6.26. The van der Waals surface area contributed by atoms with Crippen LogP contribution in [0.25, 0.3) is 11.0 Å². The second-order valence-corrected chi connectivity index (χ2v) is 9.04. The number of nitrogens with one attached hydrogen (secondary N) is 1. The Bertz CT molecular complexity index is 959. The SMILES string of the molecule is CN1C2CCC1C(c1nc3cc(Cl)c(Cl)cc3[nH]1)C(c1ccc(Cl)cc1)C2. The molecular weight excluding hydrogens is 401 g/mol. The lowest BCUT2D eigenvalue weighted by molar-refractivity contribution is 0.134. The number of H-pyrrole nitrogens is 1. The molecule has 140 valence electrons. The molecule has 4 atom stereocenters. The average Bonchev–Trinajstić information content (AvgIpc) is 3.13.